The van der Waals surface area contributed by atoms with Crippen molar-refractivity contribution >= 4 is 11.9 Å². The molecule has 0 aromatic carbocycles. The van der Waals surface area contributed by atoms with Crippen molar-refractivity contribution in [1.29, 1.82) is 0 Å². The van der Waals surface area contributed by atoms with Crippen molar-refractivity contribution in [3.63, 3.8) is 0 Å². The normalized spacial score (nSPS) is 33.0. The van der Waals surface area contributed by atoms with Crippen LogP contribution in [0, 0.1) is 28.6 Å². The van der Waals surface area contributed by atoms with Crippen molar-refractivity contribution in [1.82, 2.24) is 25.4 Å². The minimum absolute atomic E-state index is 0.0628. The van der Waals surface area contributed by atoms with Crippen LogP contribution in [0.5, 0.6) is 0 Å². The number of fused-ring (bicyclic) bond motifs is 1. The lowest BCUT2D eigenvalue weighted by atomic mass is 9.45. The zero-order chi connectivity index (χ0) is 25.2. The molecule has 7 heteroatoms. The molecule has 3 fully saturated rings. The molecule has 0 bridgehead atoms. The first-order valence-electron chi connectivity index (χ1n) is 13.5. The highest BCUT2D eigenvalue weighted by molar-refractivity contribution is 5.93. The van der Waals surface area contributed by atoms with E-state index >= 15 is 0 Å². The van der Waals surface area contributed by atoms with Gasteiger partial charge in [0.1, 0.15) is 0 Å². The zero-order valence-corrected chi connectivity index (χ0v) is 22.3. The Labute approximate surface area is 211 Å². The SMILES string of the molecule is CC1C(NC(=O)N2CCN(C)CC2)CC2C(C)(C)CCCC2(C)C1CCNC(=O)c1cccnc1. The Hall–Kier alpha value is -2.15. The number of aromatic nitrogens is 1. The molecule has 2 aliphatic carbocycles. The summed E-state index contributed by atoms with van der Waals surface area (Å²) in [6.07, 6.45) is 8.99. The zero-order valence-electron chi connectivity index (χ0n) is 22.3. The average Bonchev–Trinajstić information content (AvgIpc) is 2.83. The van der Waals surface area contributed by atoms with Crippen LogP contribution in [0.25, 0.3) is 0 Å². The van der Waals surface area contributed by atoms with Crippen LogP contribution in [0.15, 0.2) is 24.5 Å². The lowest BCUT2D eigenvalue weighted by Crippen LogP contribution is -2.61. The van der Waals surface area contributed by atoms with Crippen LogP contribution in [0.4, 0.5) is 4.79 Å². The van der Waals surface area contributed by atoms with Gasteiger partial charge in [-0.3, -0.25) is 9.78 Å². The number of likely N-dealkylation sites (N-methyl/N-ethyl adjacent to an activating group) is 1. The van der Waals surface area contributed by atoms with E-state index in [2.05, 4.69) is 55.3 Å². The van der Waals surface area contributed by atoms with Gasteiger partial charge in [0.15, 0.2) is 0 Å². The Morgan fingerprint density at radius 2 is 1.89 bits per heavy atom. The van der Waals surface area contributed by atoms with Crippen molar-refractivity contribution in [2.45, 2.75) is 65.8 Å². The van der Waals surface area contributed by atoms with E-state index in [-0.39, 0.29) is 28.8 Å². The van der Waals surface area contributed by atoms with E-state index in [0.717, 1.165) is 39.0 Å². The first kappa shape index (κ1) is 25.9. The second-order valence-electron chi connectivity index (χ2n) is 12.2. The van der Waals surface area contributed by atoms with Gasteiger partial charge in [0.05, 0.1) is 5.56 Å². The van der Waals surface area contributed by atoms with Crippen molar-refractivity contribution in [2.75, 3.05) is 39.8 Å². The smallest absolute Gasteiger partial charge is 0.317 e. The average molecular weight is 484 g/mol. The van der Waals surface area contributed by atoms with Crippen LogP contribution in [-0.4, -0.2) is 72.5 Å². The minimum Gasteiger partial charge on any atom is -0.352 e. The van der Waals surface area contributed by atoms with Gasteiger partial charge in [-0.25, -0.2) is 4.79 Å². The second-order valence-corrected chi connectivity index (χ2v) is 12.2. The summed E-state index contributed by atoms with van der Waals surface area (Å²) in [5.74, 6) is 1.29. The van der Waals surface area contributed by atoms with E-state index in [1.54, 1.807) is 24.5 Å². The first-order valence-corrected chi connectivity index (χ1v) is 13.5. The Morgan fingerprint density at radius 1 is 1.14 bits per heavy atom. The van der Waals surface area contributed by atoms with Gasteiger partial charge in [-0.2, -0.15) is 0 Å². The van der Waals surface area contributed by atoms with Crippen molar-refractivity contribution < 1.29 is 9.59 Å². The number of urea groups is 1. The van der Waals surface area contributed by atoms with E-state index in [4.69, 9.17) is 0 Å². The number of nitrogens with one attached hydrogen (secondary N) is 2. The van der Waals surface area contributed by atoms with Gasteiger partial charge < -0.3 is 20.4 Å². The van der Waals surface area contributed by atoms with Crippen molar-refractivity contribution in [3.05, 3.63) is 30.1 Å². The van der Waals surface area contributed by atoms with Crippen LogP contribution >= 0.6 is 0 Å². The Bertz CT molecular complexity index is 883. The number of amides is 3. The first-order chi connectivity index (χ1) is 16.6. The Kier molecular flexibility index (Phi) is 7.74. The third-order valence-corrected chi connectivity index (χ3v) is 9.65. The van der Waals surface area contributed by atoms with Gasteiger partial charge in [-0.05, 0) is 73.4 Å². The highest BCUT2D eigenvalue weighted by atomic mass is 16.2. The number of rotatable bonds is 5. The van der Waals surface area contributed by atoms with Gasteiger partial charge in [-0.1, -0.05) is 34.1 Å². The molecule has 0 radical (unpaired) electrons. The largest absolute Gasteiger partial charge is 0.352 e. The molecule has 5 atom stereocenters. The van der Waals surface area contributed by atoms with E-state index < -0.39 is 0 Å². The number of carbonyl (C=O) groups excluding carboxylic acids is 2. The number of carbonyl (C=O) groups is 2. The summed E-state index contributed by atoms with van der Waals surface area (Å²) in [5, 5.41) is 6.60. The van der Waals surface area contributed by atoms with Crippen LogP contribution < -0.4 is 10.6 Å². The van der Waals surface area contributed by atoms with E-state index in [0.29, 0.717) is 29.9 Å². The summed E-state index contributed by atoms with van der Waals surface area (Å²) < 4.78 is 0. The number of hydrogen-bond acceptors (Lipinski definition) is 4. The maximum absolute atomic E-state index is 13.2. The van der Waals surface area contributed by atoms with E-state index in [9.17, 15) is 9.59 Å². The van der Waals surface area contributed by atoms with Crippen molar-refractivity contribution in [2.24, 2.45) is 28.6 Å². The lowest BCUT2D eigenvalue weighted by molar-refractivity contribution is -0.106. The van der Waals surface area contributed by atoms with Crippen molar-refractivity contribution in [3.8, 4) is 0 Å². The Balaban J connectivity index is 1.47. The molecule has 5 unspecified atom stereocenters. The standard InChI is InChI=1S/C28H45N5O2/c1-20-22(9-13-30-25(34)21-8-6-12-29-19-21)28(4)11-7-10-27(2,3)24(28)18-23(20)31-26(35)33-16-14-32(5)15-17-33/h6,8,12,19-20,22-24H,7,9-11,13-18H2,1-5H3,(H,30,34)(H,31,35). The monoisotopic (exact) mass is 483 g/mol. The summed E-state index contributed by atoms with van der Waals surface area (Å²) in [4.78, 5) is 34.2. The fraction of sp³-hybridized carbons (Fsp3) is 0.750. The predicted octanol–water partition coefficient (Wildman–Crippen LogP) is 4.02. The minimum atomic E-state index is -0.0628. The highest BCUT2D eigenvalue weighted by Gasteiger charge is 2.56. The van der Waals surface area contributed by atoms with Crippen LogP contribution in [0.2, 0.25) is 0 Å². The molecule has 1 saturated heterocycles. The van der Waals surface area contributed by atoms with E-state index in [1.165, 1.54) is 19.3 Å². The molecule has 3 aliphatic rings. The summed E-state index contributed by atoms with van der Waals surface area (Å²) >= 11 is 0. The predicted molar refractivity (Wildman–Crippen MR) is 139 cm³/mol. The molecule has 1 aromatic rings. The molecule has 35 heavy (non-hydrogen) atoms. The molecule has 2 heterocycles. The Morgan fingerprint density at radius 3 is 2.57 bits per heavy atom. The fourth-order valence-corrected chi connectivity index (χ4v) is 7.53. The van der Waals surface area contributed by atoms with E-state index in [1.807, 2.05) is 4.90 Å². The molecule has 1 aliphatic heterocycles. The molecular formula is C28H45N5O2. The third-order valence-electron chi connectivity index (χ3n) is 9.65. The molecule has 194 valence electrons. The fourth-order valence-electron chi connectivity index (χ4n) is 7.53. The van der Waals surface area contributed by atoms with Gasteiger partial charge in [0.25, 0.3) is 5.91 Å². The maximum atomic E-state index is 13.2. The van der Waals surface area contributed by atoms with Gasteiger partial charge in [0, 0.05) is 51.2 Å². The summed E-state index contributed by atoms with van der Waals surface area (Å²) in [6, 6.07) is 3.85. The summed E-state index contributed by atoms with van der Waals surface area (Å²) in [6.45, 7) is 13.7. The van der Waals surface area contributed by atoms with Crippen LogP contribution in [0.1, 0.15) is 70.2 Å². The highest BCUT2D eigenvalue weighted by Crippen LogP contribution is 2.61. The number of nitrogens with zero attached hydrogens (tertiary/aromatic N) is 3. The number of piperazine rings is 1. The molecule has 2 N–H and O–H groups in total. The number of hydrogen-bond donors (Lipinski definition) is 2. The maximum Gasteiger partial charge on any atom is 0.317 e. The number of pyridine rings is 1. The quantitative estimate of drug-likeness (QED) is 0.663. The molecule has 7 nitrogen and oxygen atoms in total. The van der Waals surface area contributed by atoms with Gasteiger partial charge >= 0.3 is 6.03 Å². The van der Waals surface area contributed by atoms with Gasteiger partial charge in [-0.15, -0.1) is 0 Å². The van der Waals surface area contributed by atoms with Crippen LogP contribution in [-0.2, 0) is 0 Å². The summed E-state index contributed by atoms with van der Waals surface area (Å²) in [7, 11) is 2.11. The molecular weight excluding hydrogens is 438 g/mol. The lowest BCUT2D eigenvalue weighted by Gasteiger charge is -2.61. The molecule has 0 spiro atoms. The topological polar surface area (TPSA) is 77.6 Å². The molecule has 3 amide bonds. The third kappa shape index (κ3) is 5.50. The summed E-state index contributed by atoms with van der Waals surface area (Å²) in [5.41, 5.74) is 1.07. The van der Waals surface area contributed by atoms with Crippen LogP contribution in [0.3, 0.4) is 0 Å². The molecule has 2 saturated carbocycles. The second kappa shape index (κ2) is 10.5. The molecule has 1 aromatic heterocycles. The molecule has 4 rings (SSSR count). The van der Waals surface area contributed by atoms with Gasteiger partial charge in [0.2, 0.25) is 0 Å².